The number of fused-ring (bicyclic) bond motifs is 2. The van der Waals surface area contributed by atoms with Crippen LogP contribution in [-0.4, -0.2) is 14.6 Å². The summed E-state index contributed by atoms with van der Waals surface area (Å²) in [4.78, 5) is 4.68. The first-order valence-electron chi connectivity index (χ1n) is 6.38. The monoisotopic (exact) mass is 269 g/mol. The van der Waals surface area contributed by atoms with E-state index in [0.29, 0.717) is 11.1 Å². The Kier molecular flexibility index (Phi) is 2.35. The van der Waals surface area contributed by atoms with Crippen molar-refractivity contribution in [2.24, 2.45) is 0 Å². The molecule has 4 rings (SSSR count). The molecule has 0 aliphatic heterocycles. The first kappa shape index (κ1) is 11.0. The Morgan fingerprint density at radius 2 is 1.84 bits per heavy atom. The zero-order valence-corrected chi connectivity index (χ0v) is 11.0. The van der Waals surface area contributed by atoms with Crippen LogP contribution >= 0.6 is 11.6 Å². The molecule has 0 spiro atoms. The number of nitrogens with zero attached hydrogens (tertiary/aromatic N) is 3. The van der Waals surface area contributed by atoms with Crippen LogP contribution in [0, 0.1) is 0 Å². The summed E-state index contributed by atoms with van der Waals surface area (Å²) in [6, 6.07) is 12.4. The van der Waals surface area contributed by atoms with Gasteiger partial charge in [-0.3, -0.25) is 0 Å². The molecule has 0 bridgehead atoms. The number of aromatic nitrogens is 3. The van der Waals surface area contributed by atoms with Gasteiger partial charge in [-0.15, -0.1) is 0 Å². The predicted molar refractivity (Wildman–Crippen MR) is 74.6 cm³/mol. The van der Waals surface area contributed by atoms with Crippen molar-refractivity contribution in [1.82, 2.24) is 14.6 Å². The second-order valence-corrected chi connectivity index (χ2v) is 5.37. The Balaban J connectivity index is 1.76. The molecule has 0 N–H and O–H groups in total. The molecule has 0 saturated heterocycles. The number of hydrogen-bond acceptors (Lipinski definition) is 2. The molecule has 0 atom stereocenters. The molecule has 1 aliphatic carbocycles. The Hall–Kier alpha value is -1.87. The third kappa shape index (κ3) is 1.73. The van der Waals surface area contributed by atoms with Crippen LogP contribution in [0.4, 0.5) is 0 Å². The molecule has 1 aromatic carbocycles. The Bertz CT molecular complexity index is 738. The van der Waals surface area contributed by atoms with Crippen LogP contribution in [0.1, 0.15) is 22.7 Å². The second kappa shape index (κ2) is 4.07. The summed E-state index contributed by atoms with van der Waals surface area (Å²) < 4.78 is 1.66. The Morgan fingerprint density at radius 1 is 1.11 bits per heavy atom. The van der Waals surface area contributed by atoms with Crippen molar-refractivity contribution in [3.05, 3.63) is 64.6 Å². The van der Waals surface area contributed by atoms with Gasteiger partial charge in [0.05, 0.1) is 6.20 Å². The summed E-state index contributed by atoms with van der Waals surface area (Å²) >= 11 is 6.25. The lowest BCUT2D eigenvalue weighted by molar-refractivity contribution is 0.710. The molecule has 0 unspecified atom stereocenters. The Labute approximate surface area is 115 Å². The average molecular weight is 270 g/mol. The van der Waals surface area contributed by atoms with E-state index in [9.17, 15) is 0 Å². The van der Waals surface area contributed by atoms with E-state index < -0.39 is 0 Å². The summed E-state index contributed by atoms with van der Waals surface area (Å²) in [7, 11) is 0. The molecular formula is C15H12ClN3. The van der Waals surface area contributed by atoms with Gasteiger partial charge in [0.1, 0.15) is 5.15 Å². The molecule has 3 aromatic rings. The third-order valence-corrected chi connectivity index (χ3v) is 4.07. The van der Waals surface area contributed by atoms with Crippen LogP contribution in [0.15, 0.2) is 42.6 Å². The van der Waals surface area contributed by atoms with E-state index in [0.717, 1.165) is 24.2 Å². The summed E-state index contributed by atoms with van der Waals surface area (Å²) in [5, 5.41) is 4.77. The standard InChI is InChI=1S/C15H12ClN3/c16-14-9-13(18-15-5-6-17-19(14)15)12-7-10-3-1-2-4-11(10)8-12/h1-6,9,12H,7-8H2. The molecule has 0 fully saturated rings. The van der Waals surface area contributed by atoms with Crippen molar-refractivity contribution < 1.29 is 0 Å². The van der Waals surface area contributed by atoms with Crippen molar-refractivity contribution in [2.45, 2.75) is 18.8 Å². The maximum Gasteiger partial charge on any atom is 0.156 e. The topological polar surface area (TPSA) is 30.2 Å². The normalized spacial score (nSPS) is 15.0. The van der Waals surface area contributed by atoms with E-state index in [1.165, 1.54) is 11.1 Å². The molecule has 19 heavy (non-hydrogen) atoms. The SMILES string of the molecule is Clc1cc(C2Cc3ccccc3C2)nc2ccnn12. The zero-order chi connectivity index (χ0) is 12.8. The largest absolute Gasteiger partial charge is 0.233 e. The number of rotatable bonds is 1. The van der Waals surface area contributed by atoms with Crippen LogP contribution in [0.3, 0.4) is 0 Å². The third-order valence-electron chi connectivity index (χ3n) is 3.81. The molecule has 0 amide bonds. The van der Waals surface area contributed by atoms with Gasteiger partial charge >= 0.3 is 0 Å². The highest BCUT2D eigenvalue weighted by Gasteiger charge is 2.24. The number of halogens is 1. The maximum absolute atomic E-state index is 6.25. The van der Waals surface area contributed by atoms with Gasteiger partial charge in [-0.2, -0.15) is 5.10 Å². The second-order valence-electron chi connectivity index (χ2n) is 4.98. The molecule has 2 heterocycles. The summed E-state index contributed by atoms with van der Waals surface area (Å²) in [6.45, 7) is 0. The predicted octanol–water partition coefficient (Wildman–Crippen LogP) is 3.27. The highest BCUT2D eigenvalue weighted by atomic mass is 35.5. The van der Waals surface area contributed by atoms with Gasteiger partial charge in [0, 0.05) is 17.7 Å². The van der Waals surface area contributed by atoms with Crippen molar-refractivity contribution in [2.75, 3.05) is 0 Å². The molecule has 0 saturated carbocycles. The van der Waals surface area contributed by atoms with Gasteiger partial charge in [0.15, 0.2) is 5.65 Å². The van der Waals surface area contributed by atoms with Gasteiger partial charge in [-0.1, -0.05) is 35.9 Å². The summed E-state index contributed by atoms with van der Waals surface area (Å²) in [5.41, 5.74) is 4.74. The van der Waals surface area contributed by atoms with Crippen LogP contribution in [0.5, 0.6) is 0 Å². The fourth-order valence-corrected chi connectivity index (χ4v) is 3.11. The lowest BCUT2D eigenvalue weighted by atomic mass is 10.0. The minimum atomic E-state index is 0.426. The molecule has 4 heteroatoms. The molecule has 2 aromatic heterocycles. The van der Waals surface area contributed by atoms with E-state index in [4.69, 9.17) is 11.6 Å². The molecule has 3 nitrogen and oxygen atoms in total. The fourth-order valence-electron chi connectivity index (χ4n) is 2.87. The lowest BCUT2D eigenvalue weighted by Gasteiger charge is -2.09. The Morgan fingerprint density at radius 3 is 2.58 bits per heavy atom. The first-order chi connectivity index (χ1) is 9.31. The molecule has 0 radical (unpaired) electrons. The number of benzene rings is 1. The van der Waals surface area contributed by atoms with Crippen molar-refractivity contribution in [1.29, 1.82) is 0 Å². The highest BCUT2D eigenvalue weighted by molar-refractivity contribution is 6.29. The van der Waals surface area contributed by atoms with Crippen molar-refractivity contribution in [3.8, 4) is 0 Å². The van der Waals surface area contributed by atoms with Crippen molar-refractivity contribution in [3.63, 3.8) is 0 Å². The zero-order valence-electron chi connectivity index (χ0n) is 10.3. The molecule has 94 valence electrons. The van der Waals surface area contributed by atoms with Crippen LogP contribution in [-0.2, 0) is 12.8 Å². The van der Waals surface area contributed by atoms with E-state index in [1.807, 2.05) is 12.1 Å². The lowest BCUT2D eigenvalue weighted by Crippen LogP contribution is -2.04. The first-order valence-corrected chi connectivity index (χ1v) is 6.76. The quantitative estimate of drug-likeness (QED) is 0.635. The van der Waals surface area contributed by atoms with E-state index in [1.54, 1.807) is 10.7 Å². The summed E-state index contributed by atoms with van der Waals surface area (Å²) in [6.07, 6.45) is 3.81. The van der Waals surface area contributed by atoms with Gasteiger partial charge < -0.3 is 0 Å². The fraction of sp³-hybridized carbons (Fsp3) is 0.200. The van der Waals surface area contributed by atoms with Gasteiger partial charge in [-0.05, 0) is 30.0 Å². The highest BCUT2D eigenvalue weighted by Crippen LogP contribution is 2.33. The van der Waals surface area contributed by atoms with Crippen LogP contribution < -0.4 is 0 Å². The smallest absolute Gasteiger partial charge is 0.156 e. The van der Waals surface area contributed by atoms with E-state index in [-0.39, 0.29) is 0 Å². The average Bonchev–Trinajstić information content (AvgIpc) is 3.04. The minimum Gasteiger partial charge on any atom is -0.233 e. The van der Waals surface area contributed by atoms with Crippen molar-refractivity contribution >= 4 is 17.2 Å². The summed E-state index contributed by atoms with van der Waals surface area (Å²) in [5.74, 6) is 0.426. The number of hydrogen-bond donors (Lipinski definition) is 0. The van der Waals surface area contributed by atoms with E-state index >= 15 is 0 Å². The maximum atomic E-state index is 6.25. The van der Waals surface area contributed by atoms with Crippen LogP contribution in [0.25, 0.3) is 5.65 Å². The van der Waals surface area contributed by atoms with Crippen LogP contribution in [0.2, 0.25) is 5.15 Å². The minimum absolute atomic E-state index is 0.426. The van der Waals surface area contributed by atoms with E-state index in [2.05, 4.69) is 34.3 Å². The van der Waals surface area contributed by atoms with Gasteiger partial charge in [0.25, 0.3) is 0 Å². The van der Waals surface area contributed by atoms with Gasteiger partial charge in [0.2, 0.25) is 0 Å². The molecule has 1 aliphatic rings. The molecular weight excluding hydrogens is 258 g/mol. The van der Waals surface area contributed by atoms with Gasteiger partial charge in [-0.25, -0.2) is 9.50 Å².